The quantitative estimate of drug-likeness (QED) is 0.543. The second-order valence-corrected chi connectivity index (χ2v) is 6.69. The Morgan fingerprint density at radius 3 is 2.59 bits per heavy atom. The smallest absolute Gasteiger partial charge is 0.224 e. The Bertz CT molecular complexity index is 1130. The zero-order valence-electron chi connectivity index (χ0n) is 16.1. The topological polar surface area (TPSA) is 64.1 Å². The van der Waals surface area contributed by atoms with Crippen molar-refractivity contribution >= 4 is 16.8 Å². The number of nitrogens with zero attached hydrogens (tertiary/aromatic N) is 2. The van der Waals surface area contributed by atoms with Crippen LogP contribution in [-0.4, -0.2) is 23.0 Å². The summed E-state index contributed by atoms with van der Waals surface area (Å²) in [5, 5.41) is 3.89. The molecular weight excluding hydrogens is 362 g/mol. The lowest BCUT2D eigenvalue weighted by molar-refractivity contribution is -0.120. The van der Waals surface area contributed by atoms with E-state index in [0.29, 0.717) is 6.54 Å². The van der Waals surface area contributed by atoms with Crippen LogP contribution >= 0.6 is 0 Å². The first kappa shape index (κ1) is 18.6. The third-order valence-corrected chi connectivity index (χ3v) is 4.72. The third kappa shape index (κ3) is 4.41. The minimum absolute atomic E-state index is 0.0574. The number of benzene rings is 2. The van der Waals surface area contributed by atoms with Crippen molar-refractivity contribution in [3.8, 4) is 17.0 Å². The van der Waals surface area contributed by atoms with Crippen molar-refractivity contribution in [1.82, 2.24) is 15.3 Å². The number of pyridine rings is 2. The van der Waals surface area contributed by atoms with Gasteiger partial charge in [-0.2, -0.15) is 0 Å². The van der Waals surface area contributed by atoms with E-state index in [1.807, 2.05) is 72.8 Å². The van der Waals surface area contributed by atoms with Crippen molar-refractivity contribution in [2.24, 2.45) is 0 Å². The molecule has 4 aromatic rings. The molecule has 144 valence electrons. The standard InChI is InChI=1S/C24H21N3O2/c1-29-20-10-11-21-18(14-24(28)26-16-19-9-5-6-12-25-19)13-22(27-23(21)15-20)17-7-3-2-4-8-17/h2-13,15H,14,16H2,1H3,(H,26,28). The normalized spacial score (nSPS) is 10.7. The fourth-order valence-electron chi connectivity index (χ4n) is 3.24. The van der Waals surface area contributed by atoms with Gasteiger partial charge in [0, 0.05) is 23.2 Å². The fourth-order valence-corrected chi connectivity index (χ4v) is 3.24. The van der Waals surface area contributed by atoms with Crippen LogP contribution in [0.15, 0.2) is 79.0 Å². The molecule has 2 heterocycles. The number of nitrogens with one attached hydrogen (secondary N) is 1. The minimum Gasteiger partial charge on any atom is -0.497 e. The zero-order valence-corrected chi connectivity index (χ0v) is 16.1. The summed E-state index contributed by atoms with van der Waals surface area (Å²) in [4.78, 5) is 21.7. The second-order valence-electron chi connectivity index (χ2n) is 6.69. The van der Waals surface area contributed by atoms with E-state index in [9.17, 15) is 4.79 Å². The van der Waals surface area contributed by atoms with Gasteiger partial charge in [0.25, 0.3) is 0 Å². The summed E-state index contributed by atoms with van der Waals surface area (Å²) < 4.78 is 5.35. The Balaban J connectivity index is 1.65. The number of hydrogen-bond donors (Lipinski definition) is 1. The summed E-state index contributed by atoms with van der Waals surface area (Å²) in [6.45, 7) is 0.405. The summed E-state index contributed by atoms with van der Waals surface area (Å²) in [6.07, 6.45) is 1.98. The predicted molar refractivity (Wildman–Crippen MR) is 114 cm³/mol. The molecule has 29 heavy (non-hydrogen) atoms. The van der Waals surface area contributed by atoms with Gasteiger partial charge in [0.1, 0.15) is 5.75 Å². The van der Waals surface area contributed by atoms with E-state index in [1.54, 1.807) is 13.3 Å². The van der Waals surface area contributed by atoms with Crippen LogP contribution in [-0.2, 0) is 17.8 Å². The Kier molecular flexibility index (Phi) is 5.47. The van der Waals surface area contributed by atoms with Crippen LogP contribution in [0.25, 0.3) is 22.2 Å². The van der Waals surface area contributed by atoms with E-state index in [0.717, 1.165) is 39.2 Å². The van der Waals surface area contributed by atoms with Crippen LogP contribution in [0.4, 0.5) is 0 Å². The number of carbonyl (C=O) groups excluding carboxylic acids is 1. The van der Waals surface area contributed by atoms with Gasteiger partial charge in [0.2, 0.25) is 5.91 Å². The third-order valence-electron chi connectivity index (χ3n) is 4.72. The average Bonchev–Trinajstić information content (AvgIpc) is 2.78. The SMILES string of the molecule is COc1ccc2c(CC(=O)NCc3ccccn3)cc(-c3ccccc3)nc2c1. The van der Waals surface area contributed by atoms with Crippen LogP contribution in [0.5, 0.6) is 5.75 Å². The van der Waals surface area contributed by atoms with Gasteiger partial charge in [-0.05, 0) is 35.9 Å². The largest absolute Gasteiger partial charge is 0.497 e. The Hall–Kier alpha value is -3.73. The van der Waals surface area contributed by atoms with Gasteiger partial charge < -0.3 is 10.1 Å². The number of methoxy groups -OCH3 is 1. The van der Waals surface area contributed by atoms with E-state index >= 15 is 0 Å². The van der Waals surface area contributed by atoms with Crippen LogP contribution in [0.3, 0.4) is 0 Å². The molecule has 0 aliphatic rings. The van der Waals surface area contributed by atoms with Crippen molar-refractivity contribution in [2.45, 2.75) is 13.0 Å². The number of rotatable bonds is 6. The maximum absolute atomic E-state index is 12.6. The number of carbonyl (C=O) groups is 1. The van der Waals surface area contributed by atoms with Crippen molar-refractivity contribution in [3.63, 3.8) is 0 Å². The van der Waals surface area contributed by atoms with Crippen LogP contribution < -0.4 is 10.1 Å². The van der Waals surface area contributed by atoms with Gasteiger partial charge >= 0.3 is 0 Å². The summed E-state index contributed by atoms with van der Waals surface area (Å²) >= 11 is 0. The molecule has 0 radical (unpaired) electrons. The highest BCUT2D eigenvalue weighted by Crippen LogP contribution is 2.27. The predicted octanol–water partition coefficient (Wildman–Crippen LogP) is 4.16. The van der Waals surface area contributed by atoms with Crippen molar-refractivity contribution in [2.75, 3.05) is 7.11 Å². The molecule has 0 bridgehead atoms. The number of hydrogen-bond acceptors (Lipinski definition) is 4. The molecular formula is C24H21N3O2. The lowest BCUT2D eigenvalue weighted by atomic mass is 10.0. The maximum atomic E-state index is 12.6. The van der Waals surface area contributed by atoms with E-state index in [4.69, 9.17) is 9.72 Å². The molecule has 0 spiro atoms. The van der Waals surface area contributed by atoms with E-state index in [1.165, 1.54) is 0 Å². The molecule has 0 aliphatic carbocycles. The van der Waals surface area contributed by atoms with E-state index in [2.05, 4.69) is 10.3 Å². The first-order chi connectivity index (χ1) is 14.2. The molecule has 0 saturated carbocycles. The van der Waals surface area contributed by atoms with Gasteiger partial charge in [-0.25, -0.2) is 4.98 Å². The molecule has 1 amide bonds. The lowest BCUT2D eigenvalue weighted by Crippen LogP contribution is -2.25. The zero-order chi connectivity index (χ0) is 20.1. The molecule has 5 heteroatoms. The molecule has 2 aromatic heterocycles. The lowest BCUT2D eigenvalue weighted by Gasteiger charge is -2.11. The highest BCUT2D eigenvalue weighted by atomic mass is 16.5. The van der Waals surface area contributed by atoms with Crippen LogP contribution in [0, 0.1) is 0 Å². The van der Waals surface area contributed by atoms with Crippen molar-refractivity contribution in [3.05, 3.63) is 90.3 Å². The minimum atomic E-state index is -0.0574. The molecule has 0 unspecified atom stereocenters. The Morgan fingerprint density at radius 2 is 1.83 bits per heavy atom. The van der Waals surface area contributed by atoms with Gasteiger partial charge in [-0.1, -0.05) is 36.4 Å². The van der Waals surface area contributed by atoms with Crippen molar-refractivity contribution in [1.29, 1.82) is 0 Å². The van der Waals surface area contributed by atoms with Gasteiger partial charge in [0.05, 0.1) is 37.0 Å². The molecule has 0 fully saturated rings. The monoisotopic (exact) mass is 383 g/mol. The van der Waals surface area contributed by atoms with E-state index < -0.39 is 0 Å². The van der Waals surface area contributed by atoms with Crippen LogP contribution in [0.2, 0.25) is 0 Å². The summed E-state index contributed by atoms with van der Waals surface area (Å²) in [6, 6.07) is 23.3. The molecule has 2 aromatic carbocycles. The highest BCUT2D eigenvalue weighted by molar-refractivity contribution is 5.90. The molecule has 1 N–H and O–H groups in total. The van der Waals surface area contributed by atoms with Gasteiger partial charge in [-0.3, -0.25) is 9.78 Å². The molecule has 0 saturated heterocycles. The second kappa shape index (κ2) is 8.52. The molecule has 4 rings (SSSR count). The number of ether oxygens (including phenoxy) is 1. The fraction of sp³-hybridized carbons (Fsp3) is 0.125. The van der Waals surface area contributed by atoms with Gasteiger partial charge in [0.15, 0.2) is 0 Å². The summed E-state index contributed by atoms with van der Waals surface area (Å²) in [5.41, 5.74) is 4.40. The number of amides is 1. The Labute approximate surface area is 169 Å². The van der Waals surface area contributed by atoms with Crippen molar-refractivity contribution < 1.29 is 9.53 Å². The summed E-state index contributed by atoms with van der Waals surface area (Å²) in [7, 11) is 1.63. The first-order valence-corrected chi connectivity index (χ1v) is 9.42. The van der Waals surface area contributed by atoms with E-state index in [-0.39, 0.29) is 12.3 Å². The summed E-state index contributed by atoms with van der Waals surface area (Å²) in [5.74, 6) is 0.679. The maximum Gasteiger partial charge on any atom is 0.224 e. The van der Waals surface area contributed by atoms with Crippen LogP contribution in [0.1, 0.15) is 11.3 Å². The first-order valence-electron chi connectivity index (χ1n) is 9.42. The number of aromatic nitrogens is 2. The average molecular weight is 383 g/mol. The highest BCUT2D eigenvalue weighted by Gasteiger charge is 2.12. The van der Waals surface area contributed by atoms with Gasteiger partial charge in [-0.15, -0.1) is 0 Å². The molecule has 0 aliphatic heterocycles. The Morgan fingerprint density at radius 1 is 1.00 bits per heavy atom. The molecule has 0 atom stereocenters. The molecule has 5 nitrogen and oxygen atoms in total. The number of fused-ring (bicyclic) bond motifs is 1.